The third-order valence-electron chi connectivity index (χ3n) is 4.95. The van der Waals surface area contributed by atoms with Gasteiger partial charge in [0.1, 0.15) is 0 Å². The van der Waals surface area contributed by atoms with Gasteiger partial charge in [0.25, 0.3) is 0 Å². The number of carbonyl (C=O) groups excluding carboxylic acids is 2. The van der Waals surface area contributed by atoms with Crippen LogP contribution in [0.4, 0.5) is 9.93 Å². The van der Waals surface area contributed by atoms with E-state index < -0.39 is 0 Å². The Morgan fingerprint density at radius 1 is 1.23 bits per heavy atom. The molecule has 1 aromatic rings. The number of nitrogens with one attached hydrogen (secondary N) is 2. The topological polar surface area (TPSA) is 80.8 Å². The molecule has 0 unspecified atom stereocenters. The van der Waals surface area contributed by atoms with Gasteiger partial charge in [-0.15, -0.1) is 11.3 Å². The van der Waals surface area contributed by atoms with Crippen molar-refractivity contribution in [3.63, 3.8) is 0 Å². The molecule has 2 saturated heterocycles. The highest BCUT2D eigenvalue weighted by Crippen LogP contribution is 2.17. The zero-order chi connectivity index (χ0) is 18.7. The number of aryl methyl sites for hydroxylation is 1. The first-order valence-corrected chi connectivity index (χ1v) is 10.0. The summed E-state index contributed by atoms with van der Waals surface area (Å²) in [6.07, 6.45) is 1.74. The van der Waals surface area contributed by atoms with Crippen molar-refractivity contribution >= 4 is 28.4 Å². The van der Waals surface area contributed by atoms with E-state index >= 15 is 0 Å². The molecule has 3 rings (SSSR count). The molecule has 3 amide bonds. The second-order valence-electron chi connectivity index (χ2n) is 7.11. The largest absolute Gasteiger partial charge is 0.338 e. The van der Waals surface area contributed by atoms with E-state index in [4.69, 9.17) is 0 Å². The second-order valence-corrected chi connectivity index (χ2v) is 8.35. The average molecular weight is 381 g/mol. The van der Waals surface area contributed by atoms with Crippen LogP contribution in [0.3, 0.4) is 0 Å². The van der Waals surface area contributed by atoms with Crippen LogP contribution in [0.5, 0.6) is 0 Å². The van der Waals surface area contributed by atoms with Gasteiger partial charge in [-0.05, 0) is 20.8 Å². The Bertz CT molecular complexity index is 641. The number of thiazole rings is 1. The predicted molar refractivity (Wildman–Crippen MR) is 103 cm³/mol. The number of hydrogen-bond donors (Lipinski definition) is 2. The van der Waals surface area contributed by atoms with E-state index in [1.807, 2.05) is 11.8 Å². The third-order valence-corrected chi connectivity index (χ3v) is 5.78. The molecule has 0 aromatic carbocycles. The van der Waals surface area contributed by atoms with Crippen LogP contribution in [-0.2, 0) is 4.79 Å². The van der Waals surface area contributed by atoms with E-state index in [0.717, 1.165) is 24.5 Å². The number of amides is 3. The standard InChI is InChI=1S/C17H28N6O2S/c1-12(2)23-5-4-18-14(11-23)15(24)21-6-8-22(9-7-21)17(25)20-16-19-10-13(3)26-16/h10,12,14,18H,4-9,11H2,1-3H3,(H,19,20,25)/t14-/m1/s1. The van der Waals surface area contributed by atoms with Crippen LogP contribution in [0.15, 0.2) is 6.20 Å². The molecular weight excluding hydrogens is 352 g/mol. The van der Waals surface area contributed by atoms with Crippen molar-refractivity contribution in [2.24, 2.45) is 0 Å². The average Bonchev–Trinajstić information content (AvgIpc) is 3.06. The van der Waals surface area contributed by atoms with Crippen LogP contribution in [0.2, 0.25) is 0 Å². The lowest BCUT2D eigenvalue weighted by Crippen LogP contribution is -2.61. The van der Waals surface area contributed by atoms with Crippen molar-refractivity contribution in [2.75, 3.05) is 51.1 Å². The van der Waals surface area contributed by atoms with E-state index in [0.29, 0.717) is 37.4 Å². The molecule has 0 aliphatic carbocycles. The number of piperazine rings is 2. The van der Waals surface area contributed by atoms with Crippen molar-refractivity contribution in [1.82, 2.24) is 25.0 Å². The highest BCUT2D eigenvalue weighted by Gasteiger charge is 2.32. The summed E-state index contributed by atoms with van der Waals surface area (Å²) in [5, 5.41) is 6.78. The lowest BCUT2D eigenvalue weighted by molar-refractivity contribution is -0.136. The van der Waals surface area contributed by atoms with Crippen LogP contribution in [0, 0.1) is 6.92 Å². The molecule has 2 aliphatic heterocycles. The molecule has 2 N–H and O–H groups in total. The summed E-state index contributed by atoms with van der Waals surface area (Å²) in [6, 6.07) is 0.153. The monoisotopic (exact) mass is 380 g/mol. The molecule has 26 heavy (non-hydrogen) atoms. The molecule has 9 heteroatoms. The number of urea groups is 1. The Morgan fingerprint density at radius 3 is 2.54 bits per heavy atom. The summed E-state index contributed by atoms with van der Waals surface area (Å²) in [5.41, 5.74) is 0. The van der Waals surface area contributed by atoms with Crippen molar-refractivity contribution in [1.29, 1.82) is 0 Å². The fourth-order valence-electron chi connectivity index (χ4n) is 3.34. The number of nitrogens with zero attached hydrogens (tertiary/aromatic N) is 4. The predicted octanol–water partition coefficient (Wildman–Crippen LogP) is 0.810. The molecule has 0 saturated carbocycles. The highest BCUT2D eigenvalue weighted by atomic mass is 32.1. The van der Waals surface area contributed by atoms with Gasteiger partial charge in [-0.2, -0.15) is 0 Å². The first-order chi connectivity index (χ1) is 12.4. The van der Waals surface area contributed by atoms with Crippen LogP contribution >= 0.6 is 11.3 Å². The molecule has 8 nitrogen and oxygen atoms in total. The molecule has 2 fully saturated rings. The van der Waals surface area contributed by atoms with Crippen molar-refractivity contribution < 1.29 is 9.59 Å². The summed E-state index contributed by atoms with van der Waals surface area (Å²) in [4.78, 5) is 36.3. The Hall–Kier alpha value is -1.71. The molecule has 2 aliphatic rings. The Balaban J connectivity index is 1.48. The maximum atomic E-state index is 12.8. The summed E-state index contributed by atoms with van der Waals surface area (Å²) in [6.45, 7) is 11.1. The fraction of sp³-hybridized carbons (Fsp3) is 0.706. The van der Waals surface area contributed by atoms with Gasteiger partial charge in [-0.3, -0.25) is 15.0 Å². The molecule has 1 aromatic heterocycles. The minimum atomic E-state index is -0.148. The molecule has 144 valence electrons. The molecular formula is C17H28N6O2S. The summed E-state index contributed by atoms with van der Waals surface area (Å²) in [5.74, 6) is 0.144. The quantitative estimate of drug-likeness (QED) is 0.811. The molecule has 0 radical (unpaired) electrons. The van der Waals surface area contributed by atoms with Gasteiger partial charge >= 0.3 is 6.03 Å². The van der Waals surface area contributed by atoms with Crippen LogP contribution < -0.4 is 10.6 Å². The van der Waals surface area contributed by atoms with E-state index in [-0.39, 0.29) is 18.0 Å². The lowest BCUT2D eigenvalue weighted by Gasteiger charge is -2.40. The van der Waals surface area contributed by atoms with E-state index in [2.05, 4.69) is 34.4 Å². The summed E-state index contributed by atoms with van der Waals surface area (Å²) >= 11 is 1.46. The molecule has 3 heterocycles. The lowest BCUT2D eigenvalue weighted by atomic mass is 10.1. The van der Waals surface area contributed by atoms with Gasteiger partial charge in [-0.25, -0.2) is 9.78 Å². The van der Waals surface area contributed by atoms with Gasteiger partial charge in [0.05, 0.1) is 6.04 Å². The van der Waals surface area contributed by atoms with Crippen molar-refractivity contribution in [3.8, 4) is 0 Å². The zero-order valence-electron chi connectivity index (χ0n) is 15.7. The van der Waals surface area contributed by atoms with Crippen LogP contribution in [0.1, 0.15) is 18.7 Å². The first-order valence-electron chi connectivity index (χ1n) is 9.18. The van der Waals surface area contributed by atoms with E-state index in [1.165, 1.54) is 11.3 Å². The van der Waals surface area contributed by atoms with Gasteiger partial charge in [0.2, 0.25) is 5.91 Å². The smallest absolute Gasteiger partial charge is 0.323 e. The van der Waals surface area contributed by atoms with Gasteiger partial charge < -0.3 is 15.1 Å². The maximum Gasteiger partial charge on any atom is 0.323 e. The number of anilines is 1. The van der Waals surface area contributed by atoms with Gasteiger partial charge in [0, 0.05) is 62.9 Å². The third kappa shape index (κ3) is 4.52. The number of aromatic nitrogens is 1. The minimum absolute atomic E-state index is 0.144. The highest BCUT2D eigenvalue weighted by molar-refractivity contribution is 7.15. The van der Waals surface area contributed by atoms with Crippen molar-refractivity contribution in [2.45, 2.75) is 32.9 Å². The Morgan fingerprint density at radius 2 is 1.92 bits per heavy atom. The fourth-order valence-corrected chi connectivity index (χ4v) is 3.99. The molecule has 0 spiro atoms. The van der Waals surface area contributed by atoms with Gasteiger partial charge in [0.15, 0.2) is 5.13 Å². The SMILES string of the molecule is Cc1cnc(NC(=O)N2CCN(C(=O)[C@H]3CN(C(C)C)CCN3)CC2)s1. The minimum Gasteiger partial charge on any atom is -0.338 e. The number of hydrogen-bond acceptors (Lipinski definition) is 6. The normalized spacial score (nSPS) is 21.9. The Kier molecular flexibility index (Phi) is 6.10. The molecule has 0 bridgehead atoms. The summed E-state index contributed by atoms with van der Waals surface area (Å²) in [7, 11) is 0. The second kappa shape index (κ2) is 8.32. The van der Waals surface area contributed by atoms with Gasteiger partial charge in [-0.1, -0.05) is 0 Å². The van der Waals surface area contributed by atoms with Crippen molar-refractivity contribution in [3.05, 3.63) is 11.1 Å². The summed E-state index contributed by atoms with van der Waals surface area (Å²) < 4.78 is 0. The number of rotatable bonds is 3. The maximum absolute atomic E-state index is 12.8. The zero-order valence-corrected chi connectivity index (χ0v) is 16.5. The van der Waals surface area contributed by atoms with Crippen LogP contribution in [-0.4, -0.2) is 89.5 Å². The molecule has 1 atom stereocenters. The van der Waals surface area contributed by atoms with E-state index in [9.17, 15) is 9.59 Å². The van der Waals surface area contributed by atoms with Crippen LogP contribution in [0.25, 0.3) is 0 Å². The Labute approximate surface area is 158 Å². The van der Waals surface area contributed by atoms with E-state index in [1.54, 1.807) is 11.1 Å². The number of carbonyl (C=O) groups is 2. The first kappa shape index (κ1) is 19.1.